The van der Waals surface area contributed by atoms with E-state index in [9.17, 15) is 14.9 Å². The van der Waals surface area contributed by atoms with Gasteiger partial charge in [-0.25, -0.2) is 4.98 Å². The number of pyridine rings is 1. The summed E-state index contributed by atoms with van der Waals surface area (Å²) >= 11 is 5.74. The lowest BCUT2D eigenvalue weighted by molar-refractivity contribution is -0.385. The topological polar surface area (TPSA) is 97.6 Å². The van der Waals surface area contributed by atoms with Crippen molar-refractivity contribution in [2.24, 2.45) is 0 Å². The van der Waals surface area contributed by atoms with Crippen molar-refractivity contribution in [1.82, 2.24) is 15.2 Å². The molecule has 1 atom stereocenters. The van der Waals surface area contributed by atoms with Gasteiger partial charge in [0, 0.05) is 19.6 Å². The molecule has 0 saturated carbocycles. The van der Waals surface area contributed by atoms with Crippen LogP contribution in [-0.4, -0.2) is 60.1 Å². The molecule has 1 aliphatic rings. The van der Waals surface area contributed by atoms with Crippen LogP contribution in [0, 0.1) is 10.1 Å². The highest BCUT2D eigenvalue weighted by molar-refractivity contribution is 6.29. The van der Waals surface area contributed by atoms with Gasteiger partial charge in [-0.3, -0.25) is 14.9 Å². The predicted octanol–water partition coefficient (Wildman–Crippen LogP) is 0.704. The molecule has 0 aliphatic carbocycles. The lowest BCUT2D eigenvalue weighted by Crippen LogP contribution is -2.48. The van der Waals surface area contributed by atoms with Gasteiger partial charge in [-0.2, -0.15) is 0 Å². The SMILES string of the molecule is CNCC1CN(C(=O)c2cc(Cl)ncc2[N+](=O)[O-])CCO1. The maximum Gasteiger partial charge on any atom is 0.300 e. The third-order valence-corrected chi connectivity index (χ3v) is 3.34. The fourth-order valence-corrected chi connectivity index (χ4v) is 2.32. The first kappa shape index (κ1) is 15.6. The summed E-state index contributed by atoms with van der Waals surface area (Å²) in [5, 5.41) is 14.0. The van der Waals surface area contributed by atoms with Crippen LogP contribution in [0.2, 0.25) is 5.15 Å². The fraction of sp³-hybridized carbons (Fsp3) is 0.500. The molecule has 1 fully saturated rings. The zero-order chi connectivity index (χ0) is 15.4. The molecule has 0 bridgehead atoms. The molecule has 0 spiro atoms. The Balaban J connectivity index is 2.23. The minimum atomic E-state index is -0.637. The van der Waals surface area contributed by atoms with Crippen molar-refractivity contribution in [3.63, 3.8) is 0 Å². The molecule has 1 aromatic rings. The lowest BCUT2D eigenvalue weighted by Gasteiger charge is -2.32. The summed E-state index contributed by atoms with van der Waals surface area (Å²) in [6.07, 6.45) is 0.866. The van der Waals surface area contributed by atoms with Crippen LogP contribution >= 0.6 is 11.6 Å². The number of nitro groups is 1. The summed E-state index contributed by atoms with van der Waals surface area (Å²) in [4.78, 5) is 28.0. The first-order valence-corrected chi connectivity index (χ1v) is 6.76. The number of carbonyl (C=O) groups is 1. The second-order valence-corrected chi connectivity index (χ2v) is 4.97. The van der Waals surface area contributed by atoms with E-state index in [0.29, 0.717) is 26.2 Å². The standard InChI is InChI=1S/C12H15ClN4O4/c1-14-5-8-7-16(2-3-21-8)12(18)9-4-11(13)15-6-10(9)17(19)20/h4,6,8,14H,2-3,5,7H2,1H3. The van der Waals surface area contributed by atoms with E-state index < -0.39 is 10.8 Å². The maximum atomic E-state index is 12.5. The summed E-state index contributed by atoms with van der Waals surface area (Å²) in [6, 6.07) is 1.23. The molecule has 1 N–H and O–H groups in total. The number of nitrogens with zero attached hydrogens (tertiary/aromatic N) is 3. The van der Waals surface area contributed by atoms with Crippen LogP contribution in [0.1, 0.15) is 10.4 Å². The van der Waals surface area contributed by atoms with Crippen molar-refractivity contribution >= 4 is 23.2 Å². The van der Waals surface area contributed by atoms with Crippen LogP contribution in [0.4, 0.5) is 5.69 Å². The number of amides is 1. The molecule has 21 heavy (non-hydrogen) atoms. The van der Waals surface area contributed by atoms with E-state index in [-0.39, 0.29) is 22.5 Å². The molecule has 1 unspecified atom stereocenters. The summed E-state index contributed by atoms with van der Waals surface area (Å²) in [6.45, 7) is 1.75. The van der Waals surface area contributed by atoms with Gasteiger partial charge in [0.2, 0.25) is 0 Å². The van der Waals surface area contributed by atoms with Crippen molar-refractivity contribution in [3.8, 4) is 0 Å². The second-order valence-electron chi connectivity index (χ2n) is 4.58. The van der Waals surface area contributed by atoms with Gasteiger partial charge < -0.3 is 15.0 Å². The predicted molar refractivity (Wildman–Crippen MR) is 75.5 cm³/mol. The zero-order valence-electron chi connectivity index (χ0n) is 11.4. The first-order chi connectivity index (χ1) is 10.0. The Morgan fingerprint density at radius 3 is 3.14 bits per heavy atom. The van der Waals surface area contributed by atoms with E-state index in [0.717, 1.165) is 6.20 Å². The molecule has 2 heterocycles. The van der Waals surface area contributed by atoms with Crippen LogP contribution in [0.25, 0.3) is 0 Å². The van der Waals surface area contributed by atoms with E-state index in [4.69, 9.17) is 16.3 Å². The minimum absolute atomic E-state index is 0.0454. The minimum Gasteiger partial charge on any atom is -0.373 e. The molecule has 1 saturated heterocycles. The first-order valence-electron chi connectivity index (χ1n) is 6.38. The van der Waals surface area contributed by atoms with Crippen molar-refractivity contribution in [3.05, 3.63) is 33.1 Å². The third-order valence-electron chi connectivity index (χ3n) is 3.13. The normalized spacial score (nSPS) is 18.6. The van der Waals surface area contributed by atoms with Gasteiger partial charge in [0.1, 0.15) is 16.9 Å². The van der Waals surface area contributed by atoms with Gasteiger partial charge in [-0.05, 0) is 13.1 Å². The number of morpholine rings is 1. The van der Waals surface area contributed by atoms with Gasteiger partial charge >= 0.3 is 0 Å². The Morgan fingerprint density at radius 1 is 1.71 bits per heavy atom. The highest BCUT2D eigenvalue weighted by Crippen LogP contribution is 2.23. The van der Waals surface area contributed by atoms with Crippen LogP contribution in [0.15, 0.2) is 12.3 Å². The fourth-order valence-electron chi connectivity index (χ4n) is 2.16. The number of rotatable bonds is 4. The summed E-state index contributed by atoms with van der Waals surface area (Å²) in [5.41, 5.74) is -0.397. The molecule has 9 heteroatoms. The molecule has 1 aliphatic heterocycles. The van der Waals surface area contributed by atoms with Crippen LogP contribution in [-0.2, 0) is 4.74 Å². The Bertz CT molecular complexity index is 552. The smallest absolute Gasteiger partial charge is 0.300 e. The molecule has 1 amide bonds. The van der Waals surface area contributed by atoms with Crippen molar-refractivity contribution in [2.75, 3.05) is 33.3 Å². The number of ether oxygens (including phenoxy) is 1. The maximum absolute atomic E-state index is 12.5. The van der Waals surface area contributed by atoms with E-state index in [1.807, 2.05) is 0 Å². The zero-order valence-corrected chi connectivity index (χ0v) is 12.2. The quantitative estimate of drug-likeness (QED) is 0.499. The van der Waals surface area contributed by atoms with E-state index in [1.54, 1.807) is 7.05 Å². The Labute approximate surface area is 126 Å². The van der Waals surface area contributed by atoms with Crippen LogP contribution in [0.5, 0.6) is 0 Å². The van der Waals surface area contributed by atoms with Gasteiger partial charge in [0.25, 0.3) is 11.6 Å². The van der Waals surface area contributed by atoms with Crippen LogP contribution < -0.4 is 5.32 Å². The van der Waals surface area contributed by atoms with Gasteiger partial charge in [-0.1, -0.05) is 11.6 Å². The number of nitrogens with one attached hydrogen (secondary N) is 1. The number of aromatic nitrogens is 1. The summed E-state index contributed by atoms with van der Waals surface area (Å²) in [5.74, 6) is -0.435. The van der Waals surface area contributed by atoms with Crippen LogP contribution in [0.3, 0.4) is 0 Å². The van der Waals surface area contributed by atoms with Crippen molar-refractivity contribution in [2.45, 2.75) is 6.10 Å². The lowest BCUT2D eigenvalue weighted by atomic mass is 10.1. The average molecular weight is 315 g/mol. The number of hydrogen-bond donors (Lipinski definition) is 1. The third kappa shape index (κ3) is 3.66. The largest absolute Gasteiger partial charge is 0.373 e. The van der Waals surface area contributed by atoms with E-state index >= 15 is 0 Å². The Kier molecular flexibility index (Phi) is 5.05. The Hall–Kier alpha value is -1.77. The number of halogens is 1. The number of hydrogen-bond acceptors (Lipinski definition) is 6. The van der Waals surface area contributed by atoms with E-state index in [1.165, 1.54) is 11.0 Å². The van der Waals surface area contributed by atoms with Crippen molar-refractivity contribution < 1.29 is 14.5 Å². The molecule has 1 aromatic heterocycles. The highest BCUT2D eigenvalue weighted by atomic mass is 35.5. The number of carbonyl (C=O) groups excluding carboxylic acids is 1. The monoisotopic (exact) mass is 314 g/mol. The number of likely N-dealkylation sites (N-methyl/N-ethyl adjacent to an activating group) is 1. The Morgan fingerprint density at radius 2 is 2.48 bits per heavy atom. The summed E-state index contributed by atoms with van der Waals surface area (Å²) < 4.78 is 5.51. The molecular weight excluding hydrogens is 300 g/mol. The highest BCUT2D eigenvalue weighted by Gasteiger charge is 2.29. The molecule has 8 nitrogen and oxygen atoms in total. The molecule has 0 radical (unpaired) electrons. The second kappa shape index (κ2) is 6.79. The van der Waals surface area contributed by atoms with Gasteiger partial charge in [0.15, 0.2) is 0 Å². The molecule has 0 aromatic carbocycles. The molecule has 2 rings (SSSR count). The van der Waals surface area contributed by atoms with Gasteiger partial charge in [-0.15, -0.1) is 0 Å². The summed E-state index contributed by atoms with van der Waals surface area (Å²) in [7, 11) is 1.79. The average Bonchev–Trinajstić information content (AvgIpc) is 2.46. The van der Waals surface area contributed by atoms with E-state index in [2.05, 4.69) is 10.3 Å². The van der Waals surface area contributed by atoms with Crippen molar-refractivity contribution in [1.29, 1.82) is 0 Å². The van der Waals surface area contributed by atoms with Gasteiger partial charge in [0.05, 0.1) is 17.6 Å². The molecule has 114 valence electrons. The molecular formula is C12H15ClN4O4.